The van der Waals surface area contributed by atoms with Gasteiger partial charge in [0.15, 0.2) is 0 Å². The fourth-order valence-corrected chi connectivity index (χ4v) is 8.60. The molecular formula is C50H31NO. The first-order valence-corrected chi connectivity index (χ1v) is 17.9. The van der Waals surface area contributed by atoms with E-state index in [0.29, 0.717) is 0 Å². The van der Waals surface area contributed by atoms with E-state index in [0.717, 1.165) is 33.2 Å². The highest BCUT2D eigenvalue weighted by Crippen LogP contribution is 2.48. The van der Waals surface area contributed by atoms with Gasteiger partial charge < -0.3 is 8.98 Å². The smallest absolute Gasteiger partial charge is 0.143 e. The summed E-state index contributed by atoms with van der Waals surface area (Å²) in [6, 6.07) is 67.9. The first-order valence-electron chi connectivity index (χ1n) is 17.9. The van der Waals surface area contributed by atoms with Crippen LogP contribution in [-0.2, 0) is 0 Å². The number of para-hydroxylation sites is 4. The summed E-state index contributed by atoms with van der Waals surface area (Å²) in [5.74, 6) is 0. The van der Waals surface area contributed by atoms with E-state index in [1.165, 1.54) is 71.2 Å². The largest absolute Gasteiger partial charge is 0.455 e. The highest BCUT2D eigenvalue weighted by atomic mass is 16.3. The van der Waals surface area contributed by atoms with Crippen LogP contribution in [0.3, 0.4) is 0 Å². The SMILES string of the molecule is c1ccc(-n2c3ccccc3c3ccc(-c4ccccc4-c4c5ccccc5c(-c5cccc6c5oc5ccccc56)c5ccccc45)cc32)cc1. The van der Waals surface area contributed by atoms with E-state index in [4.69, 9.17) is 4.42 Å². The first kappa shape index (κ1) is 28.9. The summed E-state index contributed by atoms with van der Waals surface area (Å²) in [6.07, 6.45) is 0. The monoisotopic (exact) mass is 661 g/mol. The third-order valence-corrected chi connectivity index (χ3v) is 10.8. The van der Waals surface area contributed by atoms with E-state index in [-0.39, 0.29) is 0 Å². The molecule has 0 fully saturated rings. The molecule has 0 atom stereocenters. The average molecular weight is 662 g/mol. The molecule has 9 aromatic carbocycles. The zero-order chi connectivity index (χ0) is 34.2. The molecule has 0 bridgehead atoms. The molecule has 11 rings (SSSR count). The lowest BCUT2D eigenvalue weighted by molar-refractivity contribution is 0.670. The highest BCUT2D eigenvalue weighted by Gasteiger charge is 2.22. The Morgan fingerprint density at radius 2 is 0.846 bits per heavy atom. The Balaban J connectivity index is 1.20. The van der Waals surface area contributed by atoms with Gasteiger partial charge in [0.1, 0.15) is 11.2 Å². The number of fused-ring (bicyclic) bond motifs is 8. The van der Waals surface area contributed by atoms with E-state index in [1.807, 2.05) is 6.07 Å². The molecule has 11 aromatic rings. The normalized spacial score (nSPS) is 11.8. The van der Waals surface area contributed by atoms with Gasteiger partial charge in [-0.1, -0.05) is 158 Å². The molecule has 0 unspecified atom stereocenters. The standard InChI is InChI=1S/C50H31NO/c1-2-15-33(16-3-1)51-45-27-12-10-18-35(45)36-30-29-32(31-46(36)51)34-17-4-5-20-38(34)48-39-21-6-8-23-41(39)49(42-24-9-7-22-40(42)48)44-26-14-25-43-37-19-11-13-28-47(37)52-50(43)44/h1-31H. The summed E-state index contributed by atoms with van der Waals surface area (Å²) in [7, 11) is 0. The van der Waals surface area contributed by atoms with Crippen molar-refractivity contribution in [2.75, 3.05) is 0 Å². The van der Waals surface area contributed by atoms with Crippen LogP contribution in [0.2, 0.25) is 0 Å². The molecule has 2 nitrogen and oxygen atoms in total. The summed E-state index contributed by atoms with van der Waals surface area (Å²) >= 11 is 0. The molecule has 0 amide bonds. The van der Waals surface area contributed by atoms with Gasteiger partial charge >= 0.3 is 0 Å². The molecule has 0 spiro atoms. The maximum absolute atomic E-state index is 6.62. The molecule has 0 aliphatic carbocycles. The number of nitrogens with zero attached hydrogens (tertiary/aromatic N) is 1. The number of rotatable bonds is 4. The van der Waals surface area contributed by atoms with Crippen LogP contribution in [0.5, 0.6) is 0 Å². The quantitative estimate of drug-likeness (QED) is 0.172. The van der Waals surface area contributed by atoms with Crippen molar-refractivity contribution in [3.05, 3.63) is 188 Å². The predicted molar refractivity (Wildman–Crippen MR) is 219 cm³/mol. The molecule has 2 aromatic heterocycles. The molecule has 0 saturated carbocycles. The van der Waals surface area contributed by atoms with Gasteiger partial charge in [-0.25, -0.2) is 0 Å². The number of aromatic nitrogens is 1. The van der Waals surface area contributed by atoms with Crippen molar-refractivity contribution < 1.29 is 4.42 Å². The lowest BCUT2D eigenvalue weighted by atomic mass is 9.83. The highest BCUT2D eigenvalue weighted by molar-refractivity contribution is 6.25. The van der Waals surface area contributed by atoms with Crippen molar-refractivity contribution >= 4 is 65.3 Å². The topological polar surface area (TPSA) is 18.1 Å². The second-order valence-corrected chi connectivity index (χ2v) is 13.6. The molecule has 2 heterocycles. The molecule has 0 aliphatic rings. The third-order valence-electron chi connectivity index (χ3n) is 10.8. The molecule has 0 aliphatic heterocycles. The number of benzene rings is 9. The van der Waals surface area contributed by atoms with E-state index in [1.54, 1.807) is 0 Å². The number of hydrogen-bond acceptors (Lipinski definition) is 1. The van der Waals surface area contributed by atoms with Crippen molar-refractivity contribution in [2.45, 2.75) is 0 Å². The predicted octanol–water partition coefficient (Wildman–Crippen LogP) is 14.0. The first-order chi connectivity index (χ1) is 25.8. The second kappa shape index (κ2) is 11.3. The van der Waals surface area contributed by atoms with Crippen molar-refractivity contribution in [1.82, 2.24) is 4.57 Å². The van der Waals surface area contributed by atoms with E-state index < -0.39 is 0 Å². The van der Waals surface area contributed by atoms with Crippen LogP contribution in [0.25, 0.3) is 104 Å². The third kappa shape index (κ3) is 4.19. The van der Waals surface area contributed by atoms with Crippen molar-refractivity contribution in [1.29, 1.82) is 0 Å². The summed E-state index contributed by atoms with van der Waals surface area (Å²) in [6.45, 7) is 0. The van der Waals surface area contributed by atoms with Gasteiger partial charge in [-0.2, -0.15) is 0 Å². The van der Waals surface area contributed by atoms with Crippen molar-refractivity contribution in [3.63, 3.8) is 0 Å². The van der Waals surface area contributed by atoms with Crippen LogP contribution in [0, 0.1) is 0 Å². The van der Waals surface area contributed by atoms with Crippen LogP contribution in [-0.4, -0.2) is 4.57 Å². The average Bonchev–Trinajstić information content (AvgIpc) is 3.76. The summed E-state index contributed by atoms with van der Waals surface area (Å²) < 4.78 is 9.02. The Kier molecular flexibility index (Phi) is 6.28. The van der Waals surface area contributed by atoms with E-state index in [9.17, 15) is 0 Å². The molecular weight excluding hydrogens is 631 g/mol. The molecule has 0 N–H and O–H groups in total. The minimum Gasteiger partial charge on any atom is -0.455 e. The minimum atomic E-state index is 0.910. The maximum atomic E-state index is 6.62. The Morgan fingerprint density at radius 3 is 1.58 bits per heavy atom. The lowest BCUT2D eigenvalue weighted by Crippen LogP contribution is -1.94. The molecule has 242 valence electrons. The molecule has 0 radical (unpaired) electrons. The summed E-state index contributed by atoms with van der Waals surface area (Å²) in [4.78, 5) is 0. The van der Waals surface area contributed by atoms with Crippen LogP contribution in [0.1, 0.15) is 0 Å². The Bertz CT molecular complexity index is 3120. The molecule has 0 saturated heterocycles. The van der Waals surface area contributed by atoms with Gasteiger partial charge in [0, 0.05) is 38.4 Å². The van der Waals surface area contributed by atoms with Gasteiger partial charge in [-0.15, -0.1) is 0 Å². The second-order valence-electron chi connectivity index (χ2n) is 13.6. The van der Waals surface area contributed by atoms with Crippen LogP contribution < -0.4 is 0 Å². The molecule has 2 heteroatoms. The zero-order valence-corrected chi connectivity index (χ0v) is 28.3. The summed E-state index contributed by atoms with van der Waals surface area (Å²) in [5, 5.41) is 9.64. The van der Waals surface area contributed by atoms with Gasteiger partial charge in [0.2, 0.25) is 0 Å². The molecule has 52 heavy (non-hydrogen) atoms. The Labute approximate surface area is 300 Å². The van der Waals surface area contributed by atoms with Crippen molar-refractivity contribution in [2.24, 2.45) is 0 Å². The maximum Gasteiger partial charge on any atom is 0.143 e. The fourth-order valence-electron chi connectivity index (χ4n) is 8.60. The van der Waals surface area contributed by atoms with Gasteiger partial charge in [0.05, 0.1) is 11.0 Å². The van der Waals surface area contributed by atoms with Crippen LogP contribution >= 0.6 is 0 Å². The van der Waals surface area contributed by atoms with Gasteiger partial charge in [0.25, 0.3) is 0 Å². The van der Waals surface area contributed by atoms with Gasteiger partial charge in [-0.05, 0) is 74.1 Å². The van der Waals surface area contributed by atoms with Crippen LogP contribution in [0.15, 0.2) is 192 Å². The van der Waals surface area contributed by atoms with E-state index >= 15 is 0 Å². The van der Waals surface area contributed by atoms with Gasteiger partial charge in [-0.3, -0.25) is 0 Å². The number of furan rings is 1. The zero-order valence-electron chi connectivity index (χ0n) is 28.3. The lowest BCUT2D eigenvalue weighted by Gasteiger charge is -2.20. The number of hydrogen-bond donors (Lipinski definition) is 0. The Morgan fingerprint density at radius 1 is 0.327 bits per heavy atom. The van der Waals surface area contributed by atoms with E-state index in [2.05, 4.69) is 187 Å². The summed E-state index contributed by atoms with van der Waals surface area (Å²) in [5.41, 5.74) is 12.6. The van der Waals surface area contributed by atoms with Crippen molar-refractivity contribution in [3.8, 4) is 39.1 Å². The fraction of sp³-hybridized carbons (Fsp3) is 0. The Hall–Kier alpha value is -6.90. The minimum absolute atomic E-state index is 0.910. The van der Waals surface area contributed by atoms with Crippen LogP contribution in [0.4, 0.5) is 0 Å².